The maximum atomic E-state index is 13.0. The van der Waals surface area contributed by atoms with Crippen molar-refractivity contribution in [2.45, 2.75) is 38.8 Å². The Labute approximate surface area is 101 Å². The van der Waals surface area contributed by atoms with Crippen LogP contribution in [-0.4, -0.2) is 11.9 Å². The highest BCUT2D eigenvalue weighted by Crippen LogP contribution is 2.13. The van der Waals surface area contributed by atoms with Gasteiger partial charge in [-0.15, -0.1) is 0 Å². The van der Waals surface area contributed by atoms with E-state index in [4.69, 9.17) is 5.73 Å². The molecular formula is C13H19FN2O. The van der Waals surface area contributed by atoms with Crippen molar-refractivity contribution in [3.8, 4) is 0 Å². The van der Waals surface area contributed by atoms with Crippen molar-refractivity contribution >= 4 is 5.91 Å². The van der Waals surface area contributed by atoms with Gasteiger partial charge in [-0.1, -0.05) is 25.5 Å². The Morgan fingerprint density at radius 3 is 2.82 bits per heavy atom. The summed E-state index contributed by atoms with van der Waals surface area (Å²) in [6.07, 6.45) is 1.52. The lowest BCUT2D eigenvalue weighted by molar-refractivity contribution is -0.123. The van der Waals surface area contributed by atoms with Crippen LogP contribution in [0, 0.1) is 5.82 Å². The summed E-state index contributed by atoms with van der Waals surface area (Å²) in [7, 11) is 0. The second-order valence-corrected chi connectivity index (χ2v) is 4.18. The number of hydrogen-bond acceptors (Lipinski definition) is 2. The van der Waals surface area contributed by atoms with Crippen LogP contribution in [0.3, 0.4) is 0 Å². The van der Waals surface area contributed by atoms with E-state index in [0.29, 0.717) is 6.42 Å². The summed E-state index contributed by atoms with van der Waals surface area (Å²) in [5.41, 5.74) is 6.44. The van der Waals surface area contributed by atoms with Gasteiger partial charge in [-0.2, -0.15) is 0 Å². The van der Waals surface area contributed by atoms with E-state index < -0.39 is 6.04 Å². The number of carbonyl (C=O) groups is 1. The molecule has 1 amide bonds. The average Bonchev–Trinajstić information content (AvgIpc) is 2.29. The Morgan fingerprint density at radius 1 is 1.53 bits per heavy atom. The lowest BCUT2D eigenvalue weighted by atomic mass is 10.1. The highest BCUT2D eigenvalue weighted by Gasteiger charge is 2.15. The minimum Gasteiger partial charge on any atom is -0.348 e. The van der Waals surface area contributed by atoms with Crippen LogP contribution in [0.4, 0.5) is 4.39 Å². The Morgan fingerprint density at radius 2 is 2.24 bits per heavy atom. The molecule has 1 aromatic rings. The average molecular weight is 238 g/mol. The van der Waals surface area contributed by atoms with Crippen LogP contribution in [0.2, 0.25) is 0 Å². The minimum atomic E-state index is -0.490. The van der Waals surface area contributed by atoms with E-state index in [2.05, 4.69) is 5.32 Å². The van der Waals surface area contributed by atoms with Gasteiger partial charge in [-0.3, -0.25) is 4.79 Å². The molecule has 3 nitrogen and oxygen atoms in total. The Bertz CT molecular complexity index is 381. The fraction of sp³-hybridized carbons (Fsp3) is 0.462. The fourth-order valence-corrected chi connectivity index (χ4v) is 1.62. The van der Waals surface area contributed by atoms with E-state index >= 15 is 0 Å². The fourth-order valence-electron chi connectivity index (χ4n) is 1.62. The molecule has 0 aromatic heterocycles. The number of nitrogens with one attached hydrogen (secondary N) is 1. The zero-order valence-electron chi connectivity index (χ0n) is 10.2. The monoisotopic (exact) mass is 238 g/mol. The molecule has 1 rings (SSSR count). The van der Waals surface area contributed by atoms with Crippen molar-refractivity contribution < 1.29 is 9.18 Å². The predicted molar refractivity (Wildman–Crippen MR) is 65.8 cm³/mol. The van der Waals surface area contributed by atoms with E-state index in [1.54, 1.807) is 12.1 Å². The summed E-state index contributed by atoms with van der Waals surface area (Å²) in [6, 6.07) is 5.47. The van der Waals surface area contributed by atoms with Gasteiger partial charge < -0.3 is 11.1 Å². The van der Waals surface area contributed by atoms with E-state index in [9.17, 15) is 9.18 Å². The van der Waals surface area contributed by atoms with Gasteiger partial charge in [0.1, 0.15) is 5.82 Å². The van der Waals surface area contributed by atoms with Gasteiger partial charge in [0.25, 0.3) is 0 Å². The predicted octanol–water partition coefficient (Wildman–Crippen LogP) is 2.13. The lowest BCUT2D eigenvalue weighted by Gasteiger charge is -2.17. The molecule has 3 N–H and O–H groups in total. The van der Waals surface area contributed by atoms with Crippen molar-refractivity contribution in [3.63, 3.8) is 0 Å². The Hall–Kier alpha value is -1.42. The van der Waals surface area contributed by atoms with Crippen LogP contribution >= 0.6 is 0 Å². The first kappa shape index (κ1) is 13.6. The first-order chi connectivity index (χ1) is 8.04. The number of rotatable bonds is 5. The number of halogens is 1. The summed E-state index contributed by atoms with van der Waals surface area (Å²) in [4.78, 5) is 11.7. The van der Waals surface area contributed by atoms with Crippen LogP contribution in [0.1, 0.15) is 38.3 Å². The van der Waals surface area contributed by atoms with Crippen LogP contribution in [-0.2, 0) is 4.79 Å². The van der Waals surface area contributed by atoms with E-state index in [1.165, 1.54) is 12.1 Å². The molecule has 17 heavy (non-hydrogen) atoms. The normalized spacial score (nSPS) is 14.1. The largest absolute Gasteiger partial charge is 0.348 e. The van der Waals surface area contributed by atoms with Crippen LogP contribution in [0.25, 0.3) is 0 Å². The number of benzene rings is 1. The molecular weight excluding hydrogens is 219 g/mol. The van der Waals surface area contributed by atoms with Crippen LogP contribution in [0.15, 0.2) is 24.3 Å². The maximum Gasteiger partial charge on any atom is 0.237 e. The smallest absolute Gasteiger partial charge is 0.237 e. The number of hydrogen-bond donors (Lipinski definition) is 2. The zero-order chi connectivity index (χ0) is 12.8. The van der Waals surface area contributed by atoms with Crippen molar-refractivity contribution in [3.05, 3.63) is 35.6 Å². The quantitative estimate of drug-likeness (QED) is 0.825. The van der Waals surface area contributed by atoms with Crippen molar-refractivity contribution in [2.24, 2.45) is 5.73 Å². The SMILES string of the molecule is CCC[C@H](N)C(=O)N[C@@H](C)c1cccc(F)c1. The topological polar surface area (TPSA) is 55.1 Å². The first-order valence-electron chi connectivity index (χ1n) is 5.86. The van der Waals surface area contributed by atoms with Gasteiger partial charge in [-0.05, 0) is 31.0 Å². The number of amides is 1. The molecule has 4 heteroatoms. The van der Waals surface area contributed by atoms with Crippen LogP contribution < -0.4 is 11.1 Å². The Balaban J connectivity index is 2.60. The van der Waals surface area contributed by atoms with E-state index in [1.807, 2.05) is 13.8 Å². The highest BCUT2D eigenvalue weighted by molar-refractivity contribution is 5.81. The van der Waals surface area contributed by atoms with E-state index in [0.717, 1.165) is 12.0 Å². The van der Waals surface area contributed by atoms with Gasteiger partial charge in [0.15, 0.2) is 0 Å². The summed E-state index contributed by atoms with van der Waals surface area (Å²) in [5.74, 6) is -0.495. The highest BCUT2D eigenvalue weighted by atomic mass is 19.1. The van der Waals surface area contributed by atoms with Gasteiger partial charge in [0, 0.05) is 0 Å². The molecule has 0 unspecified atom stereocenters. The lowest BCUT2D eigenvalue weighted by Crippen LogP contribution is -2.41. The van der Waals surface area contributed by atoms with E-state index in [-0.39, 0.29) is 17.8 Å². The molecule has 0 radical (unpaired) electrons. The number of carbonyl (C=O) groups excluding carboxylic acids is 1. The second kappa shape index (κ2) is 6.35. The van der Waals surface area contributed by atoms with Gasteiger partial charge in [-0.25, -0.2) is 4.39 Å². The first-order valence-corrected chi connectivity index (χ1v) is 5.86. The third kappa shape index (κ3) is 4.15. The van der Waals surface area contributed by atoms with Gasteiger partial charge in [0.05, 0.1) is 12.1 Å². The molecule has 0 aliphatic carbocycles. The molecule has 0 aliphatic rings. The molecule has 0 spiro atoms. The summed E-state index contributed by atoms with van der Waals surface area (Å²) >= 11 is 0. The van der Waals surface area contributed by atoms with Crippen LogP contribution in [0.5, 0.6) is 0 Å². The van der Waals surface area contributed by atoms with Gasteiger partial charge in [0.2, 0.25) is 5.91 Å². The maximum absolute atomic E-state index is 13.0. The van der Waals surface area contributed by atoms with Gasteiger partial charge >= 0.3 is 0 Å². The van der Waals surface area contributed by atoms with Crippen molar-refractivity contribution in [1.82, 2.24) is 5.32 Å². The number of nitrogens with two attached hydrogens (primary N) is 1. The van der Waals surface area contributed by atoms with Crippen molar-refractivity contribution in [2.75, 3.05) is 0 Å². The third-order valence-corrected chi connectivity index (χ3v) is 2.64. The molecule has 94 valence electrons. The van der Waals surface area contributed by atoms with Crippen molar-refractivity contribution in [1.29, 1.82) is 0 Å². The minimum absolute atomic E-state index is 0.191. The molecule has 0 saturated heterocycles. The zero-order valence-corrected chi connectivity index (χ0v) is 10.2. The second-order valence-electron chi connectivity index (χ2n) is 4.18. The molecule has 0 bridgehead atoms. The Kier molecular flexibility index (Phi) is 5.10. The molecule has 0 fully saturated rings. The molecule has 1 aromatic carbocycles. The molecule has 2 atom stereocenters. The molecule has 0 aliphatic heterocycles. The third-order valence-electron chi connectivity index (χ3n) is 2.64. The molecule has 0 heterocycles. The summed E-state index contributed by atoms with van der Waals surface area (Å²) < 4.78 is 13.0. The molecule has 0 saturated carbocycles. The summed E-state index contributed by atoms with van der Waals surface area (Å²) in [6.45, 7) is 3.79. The summed E-state index contributed by atoms with van der Waals surface area (Å²) in [5, 5.41) is 2.78. The standard InChI is InChI=1S/C13H19FN2O/c1-3-5-12(15)13(17)16-9(2)10-6-4-7-11(14)8-10/h4,6-9,12H,3,5,15H2,1-2H3,(H,16,17)/t9-,12-/m0/s1.